The number of hydrogen-bond donors (Lipinski definition) is 1. The molecule has 1 saturated carbocycles. The lowest BCUT2D eigenvalue weighted by Crippen LogP contribution is -2.45. The van der Waals surface area contributed by atoms with Gasteiger partial charge in [0.1, 0.15) is 5.76 Å². The molecule has 102 valence electrons. The first-order valence-corrected chi connectivity index (χ1v) is 7.07. The number of ether oxygens (including phenoxy) is 1. The average Bonchev–Trinajstić information content (AvgIpc) is 2.92. The fourth-order valence-electron chi connectivity index (χ4n) is 3.18. The molecule has 0 spiro atoms. The van der Waals surface area contributed by atoms with E-state index in [2.05, 4.69) is 5.32 Å². The predicted molar refractivity (Wildman–Crippen MR) is 72.6 cm³/mol. The molecule has 1 aliphatic carbocycles. The second kappa shape index (κ2) is 6.95. The monoisotopic (exact) mass is 251 g/mol. The molecule has 1 N–H and O–H groups in total. The average molecular weight is 251 g/mol. The molecule has 1 aromatic heterocycles. The molecule has 1 heterocycles. The van der Waals surface area contributed by atoms with Crippen molar-refractivity contribution in [2.24, 2.45) is 5.92 Å². The van der Waals surface area contributed by atoms with Crippen LogP contribution in [-0.2, 0) is 11.2 Å². The van der Waals surface area contributed by atoms with E-state index in [9.17, 15) is 0 Å². The second-order valence-electron chi connectivity index (χ2n) is 5.28. The Hall–Kier alpha value is -0.800. The van der Waals surface area contributed by atoms with E-state index < -0.39 is 0 Å². The van der Waals surface area contributed by atoms with Crippen molar-refractivity contribution < 1.29 is 9.15 Å². The molecule has 2 unspecified atom stereocenters. The number of methoxy groups -OCH3 is 1. The van der Waals surface area contributed by atoms with Gasteiger partial charge in [0, 0.05) is 19.6 Å². The van der Waals surface area contributed by atoms with E-state index in [4.69, 9.17) is 9.15 Å². The zero-order valence-corrected chi connectivity index (χ0v) is 11.5. The Kier molecular flexibility index (Phi) is 5.26. The molecule has 1 aromatic rings. The Morgan fingerprint density at radius 2 is 2.17 bits per heavy atom. The Morgan fingerprint density at radius 3 is 2.72 bits per heavy atom. The maximum Gasteiger partial charge on any atom is 0.105 e. The molecule has 18 heavy (non-hydrogen) atoms. The summed E-state index contributed by atoms with van der Waals surface area (Å²) in [6, 6.07) is 4.33. The highest BCUT2D eigenvalue weighted by molar-refractivity contribution is 5.02. The lowest BCUT2D eigenvalue weighted by atomic mass is 9.81. The first-order chi connectivity index (χ1) is 8.85. The molecule has 0 saturated heterocycles. The van der Waals surface area contributed by atoms with E-state index in [1.807, 2.05) is 26.3 Å². The van der Waals surface area contributed by atoms with E-state index in [1.165, 1.54) is 32.1 Å². The Balaban J connectivity index is 1.98. The summed E-state index contributed by atoms with van der Waals surface area (Å²) >= 11 is 0. The standard InChI is InChI=1S/C15H25NO2/c1-16-14(11-13-9-6-10-18-13)15(17-2)12-7-4-3-5-8-12/h6,9-10,12,14-16H,3-5,7-8,11H2,1-2H3. The highest BCUT2D eigenvalue weighted by Gasteiger charge is 2.30. The summed E-state index contributed by atoms with van der Waals surface area (Å²) in [6.45, 7) is 0. The zero-order chi connectivity index (χ0) is 12.8. The second-order valence-corrected chi connectivity index (χ2v) is 5.28. The van der Waals surface area contributed by atoms with Crippen molar-refractivity contribution in [1.82, 2.24) is 5.32 Å². The highest BCUT2D eigenvalue weighted by atomic mass is 16.5. The van der Waals surface area contributed by atoms with Crippen LogP contribution in [0.4, 0.5) is 0 Å². The van der Waals surface area contributed by atoms with Gasteiger partial charge < -0.3 is 14.5 Å². The third kappa shape index (κ3) is 3.36. The summed E-state index contributed by atoms with van der Waals surface area (Å²) in [7, 11) is 3.86. The smallest absolute Gasteiger partial charge is 0.105 e. The minimum Gasteiger partial charge on any atom is -0.469 e. The van der Waals surface area contributed by atoms with Gasteiger partial charge in [0.2, 0.25) is 0 Å². The molecule has 0 aliphatic heterocycles. The van der Waals surface area contributed by atoms with Gasteiger partial charge in [0.15, 0.2) is 0 Å². The van der Waals surface area contributed by atoms with Crippen LogP contribution in [0.15, 0.2) is 22.8 Å². The van der Waals surface area contributed by atoms with Crippen molar-refractivity contribution in [3.8, 4) is 0 Å². The Bertz CT molecular complexity index is 317. The Morgan fingerprint density at radius 1 is 1.39 bits per heavy atom. The normalized spacial score (nSPS) is 20.8. The van der Waals surface area contributed by atoms with Crippen LogP contribution in [0.1, 0.15) is 37.9 Å². The van der Waals surface area contributed by atoms with Crippen LogP contribution in [0.3, 0.4) is 0 Å². The molecule has 0 aromatic carbocycles. The number of likely N-dealkylation sites (N-methyl/N-ethyl adjacent to an activating group) is 1. The van der Waals surface area contributed by atoms with Gasteiger partial charge in [-0.25, -0.2) is 0 Å². The van der Waals surface area contributed by atoms with Crippen molar-refractivity contribution in [3.05, 3.63) is 24.2 Å². The lowest BCUT2D eigenvalue weighted by Gasteiger charge is -2.34. The van der Waals surface area contributed by atoms with Gasteiger partial charge in [0.25, 0.3) is 0 Å². The van der Waals surface area contributed by atoms with Crippen molar-refractivity contribution in [2.75, 3.05) is 14.2 Å². The number of nitrogens with one attached hydrogen (secondary N) is 1. The maximum atomic E-state index is 5.79. The molecular weight excluding hydrogens is 226 g/mol. The lowest BCUT2D eigenvalue weighted by molar-refractivity contribution is 0.00903. The molecule has 3 nitrogen and oxygen atoms in total. The van der Waals surface area contributed by atoms with E-state index in [1.54, 1.807) is 6.26 Å². The van der Waals surface area contributed by atoms with Crippen LogP contribution in [0.5, 0.6) is 0 Å². The number of rotatable bonds is 6. The third-order valence-corrected chi connectivity index (χ3v) is 4.16. The SMILES string of the molecule is CNC(Cc1ccco1)C(OC)C1CCCCC1. The summed E-state index contributed by atoms with van der Waals surface area (Å²) in [4.78, 5) is 0. The van der Waals surface area contributed by atoms with Crippen molar-refractivity contribution >= 4 is 0 Å². The number of hydrogen-bond acceptors (Lipinski definition) is 3. The topological polar surface area (TPSA) is 34.4 Å². The minimum absolute atomic E-state index is 0.292. The molecule has 0 bridgehead atoms. The summed E-state index contributed by atoms with van der Waals surface area (Å²) in [5.74, 6) is 1.73. The maximum absolute atomic E-state index is 5.79. The summed E-state index contributed by atoms with van der Waals surface area (Å²) in [5, 5.41) is 3.40. The van der Waals surface area contributed by atoms with Crippen LogP contribution in [0.2, 0.25) is 0 Å². The van der Waals surface area contributed by atoms with Gasteiger partial charge in [0.05, 0.1) is 12.4 Å². The molecule has 2 atom stereocenters. The van der Waals surface area contributed by atoms with Crippen LogP contribution in [0.25, 0.3) is 0 Å². The third-order valence-electron chi connectivity index (χ3n) is 4.16. The zero-order valence-electron chi connectivity index (χ0n) is 11.5. The molecule has 3 heteroatoms. The van der Waals surface area contributed by atoms with E-state index in [0.717, 1.165) is 12.2 Å². The molecule has 1 aliphatic rings. The van der Waals surface area contributed by atoms with E-state index >= 15 is 0 Å². The van der Waals surface area contributed by atoms with Crippen molar-refractivity contribution in [2.45, 2.75) is 50.7 Å². The van der Waals surface area contributed by atoms with Crippen molar-refractivity contribution in [1.29, 1.82) is 0 Å². The quantitative estimate of drug-likeness (QED) is 0.844. The van der Waals surface area contributed by atoms with Crippen LogP contribution in [0, 0.1) is 5.92 Å². The summed E-state index contributed by atoms with van der Waals surface area (Å²) in [6.07, 6.45) is 9.62. The number of furan rings is 1. The van der Waals surface area contributed by atoms with E-state index in [-0.39, 0.29) is 0 Å². The van der Waals surface area contributed by atoms with Gasteiger partial charge in [-0.05, 0) is 37.9 Å². The van der Waals surface area contributed by atoms with Gasteiger partial charge in [-0.2, -0.15) is 0 Å². The van der Waals surface area contributed by atoms with Crippen LogP contribution >= 0.6 is 0 Å². The summed E-state index contributed by atoms with van der Waals surface area (Å²) < 4.78 is 11.2. The Labute approximate surface area is 110 Å². The fraction of sp³-hybridized carbons (Fsp3) is 0.733. The minimum atomic E-state index is 0.292. The van der Waals surface area contributed by atoms with Crippen LogP contribution in [-0.4, -0.2) is 26.3 Å². The molecule has 0 radical (unpaired) electrons. The van der Waals surface area contributed by atoms with Gasteiger partial charge in [-0.15, -0.1) is 0 Å². The van der Waals surface area contributed by atoms with Gasteiger partial charge in [-0.1, -0.05) is 19.3 Å². The molecule has 1 fully saturated rings. The fourth-order valence-corrected chi connectivity index (χ4v) is 3.18. The first kappa shape index (κ1) is 13.6. The van der Waals surface area contributed by atoms with Crippen molar-refractivity contribution in [3.63, 3.8) is 0 Å². The largest absolute Gasteiger partial charge is 0.469 e. The first-order valence-electron chi connectivity index (χ1n) is 7.07. The van der Waals surface area contributed by atoms with Crippen LogP contribution < -0.4 is 5.32 Å². The molecular formula is C15H25NO2. The van der Waals surface area contributed by atoms with Gasteiger partial charge >= 0.3 is 0 Å². The summed E-state index contributed by atoms with van der Waals surface area (Å²) in [5.41, 5.74) is 0. The van der Waals surface area contributed by atoms with Gasteiger partial charge in [-0.3, -0.25) is 0 Å². The predicted octanol–water partition coefficient (Wildman–Crippen LogP) is 3.01. The molecule has 2 rings (SSSR count). The highest BCUT2D eigenvalue weighted by Crippen LogP contribution is 2.30. The van der Waals surface area contributed by atoms with E-state index in [0.29, 0.717) is 18.1 Å². The molecule has 0 amide bonds.